The van der Waals surface area contributed by atoms with Crippen molar-refractivity contribution in [3.05, 3.63) is 23.8 Å². The minimum Gasteiger partial charge on any atom is -0.399 e. The predicted octanol–water partition coefficient (Wildman–Crippen LogP) is 1.76. The van der Waals surface area contributed by atoms with Crippen LogP contribution in [0.25, 0.3) is 0 Å². The summed E-state index contributed by atoms with van der Waals surface area (Å²) in [6.07, 6.45) is 0.480. The lowest BCUT2D eigenvalue weighted by Crippen LogP contribution is -2.18. The average Bonchev–Trinajstić information content (AvgIpc) is 2.16. The zero-order valence-corrected chi connectivity index (χ0v) is 8.75. The molecule has 0 radical (unpaired) electrons. The maximum Gasteiger partial charge on any atom is 0.0709 e. The van der Waals surface area contributed by atoms with Gasteiger partial charge >= 0.3 is 0 Å². The van der Waals surface area contributed by atoms with Gasteiger partial charge in [0, 0.05) is 17.9 Å². The first-order chi connectivity index (χ1) is 6.63. The molecular formula is C11H18N2O. The van der Waals surface area contributed by atoms with E-state index in [1.165, 1.54) is 0 Å². The molecule has 0 amide bonds. The van der Waals surface area contributed by atoms with Crippen LogP contribution in [0, 0.1) is 6.92 Å². The lowest BCUT2D eigenvalue weighted by molar-refractivity contribution is 0.183. The summed E-state index contributed by atoms with van der Waals surface area (Å²) in [4.78, 5) is 0. The molecule has 1 unspecified atom stereocenters. The van der Waals surface area contributed by atoms with E-state index in [0.717, 1.165) is 23.4 Å². The SMILES string of the molecule is CCC(O)CNc1ccc(N)cc1C. The summed E-state index contributed by atoms with van der Waals surface area (Å²) in [5.74, 6) is 0. The van der Waals surface area contributed by atoms with E-state index in [0.29, 0.717) is 6.54 Å². The fourth-order valence-corrected chi connectivity index (χ4v) is 1.26. The summed E-state index contributed by atoms with van der Waals surface area (Å²) in [5, 5.41) is 12.6. The minimum atomic E-state index is -0.285. The van der Waals surface area contributed by atoms with Crippen LogP contribution in [-0.2, 0) is 0 Å². The average molecular weight is 194 g/mol. The number of aryl methyl sites for hydroxylation is 1. The first kappa shape index (κ1) is 10.9. The van der Waals surface area contributed by atoms with E-state index < -0.39 is 0 Å². The summed E-state index contributed by atoms with van der Waals surface area (Å²) in [6, 6.07) is 5.71. The van der Waals surface area contributed by atoms with Crippen molar-refractivity contribution >= 4 is 11.4 Å². The van der Waals surface area contributed by atoms with Crippen LogP contribution in [0.3, 0.4) is 0 Å². The Kier molecular flexibility index (Phi) is 3.77. The lowest BCUT2D eigenvalue weighted by Gasteiger charge is -2.13. The number of benzene rings is 1. The topological polar surface area (TPSA) is 58.3 Å². The number of aliphatic hydroxyl groups excluding tert-OH is 1. The molecule has 1 aromatic rings. The first-order valence-corrected chi connectivity index (χ1v) is 4.91. The Morgan fingerprint density at radius 3 is 2.79 bits per heavy atom. The standard InChI is InChI=1S/C11H18N2O/c1-3-10(14)7-13-11-5-4-9(12)6-8(11)2/h4-6,10,13-14H,3,7,12H2,1-2H3. The van der Waals surface area contributed by atoms with E-state index in [1.807, 2.05) is 32.0 Å². The molecule has 1 atom stereocenters. The molecule has 0 saturated heterocycles. The van der Waals surface area contributed by atoms with Crippen molar-refractivity contribution in [2.45, 2.75) is 26.4 Å². The van der Waals surface area contributed by atoms with Gasteiger partial charge in [-0.25, -0.2) is 0 Å². The molecule has 0 saturated carbocycles. The smallest absolute Gasteiger partial charge is 0.0709 e. The van der Waals surface area contributed by atoms with Gasteiger partial charge in [-0.1, -0.05) is 6.92 Å². The van der Waals surface area contributed by atoms with Crippen LogP contribution >= 0.6 is 0 Å². The summed E-state index contributed by atoms with van der Waals surface area (Å²) in [6.45, 7) is 4.54. The number of anilines is 2. The van der Waals surface area contributed by atoms with Crippen LogP contribution in [0.15, 0.2) is 18.2 Å². The predicted molar refractivity (Wildman–Crippen MR) is 60.4 cm³/mol. The van der Waals surface area contributed by atoms with Gasteiger partial charge in [-0.3, -0.25) is 0 Å². The third-order valence-electron chi connectivity index (χ3n) is 2.25. The van der Waals surface area contributed by atoms with Gasteiger partial charge in [0.1, 0.15) is 0 Å². The fraction of sp³-hybridized carbons (Fsp3) is 0.455. The third kappa shape index (κ3) is 2.92. The Bertz CT molecular complexity index is 299. The quantitative estimate of drug-likeness (QED) is 0.640. The van der Waals surface area contributed by atoms with E-state index >= 15 is 0 Å². The molecule has 0 spiro atoms. The zero-order valence-electron chi connectivity index (χ0n) is 8.75. The molecule has 0 aliphatic rings. The summed E-state index contributed by atoms with van der Waals surface area (Å²) >= 11 is 0. The van der Waals surface area contributed by atoms with Gasteiger partial charge < -0.3 is 16.2 Å². The Morgan fingerprint density at radius 1 is 1.50 bits per heavy atom. The molecule has 1 aromatic carbocycles. The Labute approximate surface area is 84.9 Å². The monoisotopic (exact) mass is 194 g/mol. The molecule has 78 valence electrons. The minimum absolute atomic E-state index is 0.285. The van der Waals surface area contributed by atoms with Crippen molar-refractivity contribution in [3.63, 3.8) is 0 Å². The van der Waals surface area contributed by atoms with Crippen molar-refractivity contribution < 1.29 is 5.11 Å². The van der Waals surface area contributed by atoms with E-state index in [9.17, 15) is 5.11 Å². The molecule has 14 heavy (non-hydrogen) atoms. The van der Waals surface area contributed by atoms with Crippen molar-refractivity contribution in [2.75, 3.05) is 17.6 Å². The molecule has 1 rings (SSSR count). The van der Waals surface area contributed by atoms with Crippen LogP contribution in [-0.4, -0.2) is 17.8 Å². The third-order valence-corrected chi connectivity index (χ3v) is 2.25. The van der Waals surface area contributed by atoms with Crippen LogP contribution in [0.4, 0.5) is 11.4 Å². The van der Waals surface area contributed by atoms with E-state index in [1.54, 1.807) is 0 Å². The van der Waals surface area contributed by atoms with Crippen LogP contribution in [0.5, 0.6) is 0 Å². The molecular weight excluding hydrogens is 176 g/mol. The highest BCUT2D eigenvalue weighted by Crippen LogP contribution is 2.17. The number of nitrogen functional groups attached to an aromatic ring is 1. The van der Waals surface area contributed by atoms with Crippen molar-refractivity contribution in [2.24, 2.45) is 0 Å². The van der Waals surface area contributed by atoms with Crippen molar-refractivity contribution in [1.29, 1.82) is 0 Å². The second-order valence-corrected chi connectivity index (χ2v) is 3.52. The van der Waals surface area contributed by atoms with Gasteiger partial charge in [0.15, 0.2) is 0 Å². The maximum absolute atomic E-state index is 9.38. The molecule has 3 heteroatoms. The first-order valence-electron chi connectivity index (χ1n) is 4.91. The maximum atomic E-state index is 9.38. The molecule has 4 N–H and O–H groups in total. The molecule has 0 aliphatic carbocycles. The van der Waals surface area contributed by atoms with Gasteiger partial charge in [-0.05, 0) is 37.1 Å². The normalized spacial score (nSPS) is 12.5. The highest BCUT2D eigenvalue weighted by Gasteiger charge is 2.02. The number of aliphatic hydroxyl groups is 1. The summed E-state index contributed by atoms with van der Waals surface area (Å²) in [5.41, 5.74) is 8.54. The van der Waals surface area contributed by atoms with E-state index in [4.69, 9.17) is 5.73 Å². The second kappa shape index (κ2) is 4.86. The van der Waals surface area contributed by atoms with Crippen LogP contribution in [0.1, 0.15) is 18.9 Å². The summed E-state index contributed by atoms with van der Waals surface area (Å²) < 4.78 is 0. The van der Waals surface area contributed by atoms with Gasteiger partial charge in [0.05, 0.1) is 6.10 Å². The number of rotatable bonds is 4. The highest BCUT2D eigenvalue weighted by atomic mass is 16.3. The van der Waals surface area contributed by atoms with Gasteiger partial charge in [-0.15, -0.1) is 0 Å². The zero-order chi connectivity index (χ0) is 10.6. The Hall–Kier alpha value is -1.22. The van der Waals surface area contributed by atoms with Gasteiger partial charge in [0.2, 0.25) is 0 Å². The molecule has 0 aromatic heterocycles. The number of nitrogens with two attached hydrogens (primary N) is 1. The van der Waals surface area contributed by atoms with Crippen molar-refractivity contribution in [3.8, 4) is 0 Å². The summed E-state index contributed by atoms with van der Waals surface area (Å²) in [7, 11) is 0. The van der Waals surface area contributed by atoms with Gasteiger partial charge in [0.25, 0.3) is 0 Å². The number of nitrogens with one attached hydrogen (secondary N) is 1. The largest absolute Gasteiger partial charge is 0.399 e. The lowest BCUT2D eigenvalue weighted by atomic mass is 10.1. The Morgan fingerprint density at radius 2 is 2.21 bits per heavy atom. The van der Waals surface area contributed by atoms with Crippen molar-refractivity contribution in [1.82, 2.24) is 0 Å². The molecule has 3 nitrogen and oxygen atoms in total. The highest BCUT2D eigenvalue weighted by molar-refractivity contribution is 5.57. The Balaban J connectivity index is 2.59. The molecule has 0 fully saturated rings. The molecule has 0 heterocycles. The molecule has 0 bridgehead atoms. The van der Waals surface area contributed by atoms with Crippen LogP contribution in [0.2, 0.25) is 0 Å². The van der Waals surface area contributed by atoms with Crippen LogP contribution < -0.4 is 11.1 Å². The number of hydrogen-bond acceptors (Lipinski definition) is 3. The second-order valence-electron chi connectivity index (χ2n) is 3.52. The van der Waals surface area contributed by atoms with Gasteiger partial charge in [-0.2, -0.15) is 0 Å². The number of hydrogen-bond donors (Lipinski definition) is 3. The van der Waals surface area contributed by atoms with E-state index in [2.05, 4.69) is 5.32 Å². The van der Waals surface area contributed by atoms with E-state index in [-0.39, 0.29) is 6.10 Å². The fourth-order valence-electron chi connectivity index (χ4n) is 1.26. The molecule has 0 aliphatic heterocycles.